The van der Waals surface area contributed by atoms with E-state index in [-0.39, 0.29) is 5.48 Å². The molecule has 56 valence electrons. The molecule has 0 aliphatic heterocycles. The smallest absolute Gasteiger partial charge is 0.00672 e. The molecule has 2 N–H and O–H groups in total. The van der Waals surface area contributed by atoms with Crippen molar-refractivity contribution in [3.8, 4) is 0 Å². The molecule has 0 spiro atoms. The molecule has 1 rings (SSSR count). The molecule has 2 heteroatoms. The second kappa shape index (κ2) is 5.00. The predicted molar refractivity (Wildman–Crippen MR) is 45.0 cm³/mol. The molecule has 0 amide bonds. The van der Waals surface area contributed by atoms with Crippen LogP contribution in [-0.4, -0.2) is 15.7 Å². The molecular weight excluding hydrogens is 128 g/mol. The Bertz CT molecular complexity index is 57.9. The zero-order valence-electron chi connectivity index (χ0n) is 6.32. The lowest BCUT2D eigenvalue weighted by Crippen LogP contribution is -1.87. The van der Waals surface area contributed by atoms with Crippen LogP contribution >= 0.6 is 0 Å². The molecule has 0 saturated heterocycles. The van der Waals surface area contributed by atoms with Gasteiger partial charge in [-0.1, -0.05) is 44.1 Å². The summed E-state index contributed by atoms with van der Waals surface area (Å²) in [5.41, 5.74) is 1.16. The van der Waals surface area contributed by atoms with Gasteiger partial charge in [0.05, 0.1) is 0 Å². The molecule has 0 atom stereocenters. The van der Waals surface area contributed by atoms with Gasteiger partial charge in [0.2, 0.25) is 0 Å². The molecule has 0 aromatic heterocycles. The summed E-state index contributed by atoms with van der Waals surface area (Å²) >= 11 is 0. The van der Waals surface area contributed by atoms with Crippen molar-refractivity contribution in [3.63, 3.8) is 0 Å². The molecule has 1 aliphatic rings. The topological polar surface area (TPSA) is 31.5 Å². The van der Waals surface area contributed by atoms with Gasteiger partial charge in [0.15, 0.2) is 0 Å². The van der Waals surface area contributed by atoms with Gasteiger partial charge < -0.3 is 5.48 Å². The first-order valence-electron chi connectivity index (χ1n) is 3.89. The summed E-state index contributed by atoms with van der Waals surface area (Å²) in [7, 11) is 1.45. The Balaban J connectivity index is 0.000000640. The number of hydrogen-bond donors (Lipinski definition) is 0. The summed E-state index contributed by atoms with van der Waals surface area (Å²) in [6.45, 7) is 0. The highest BCUT2D eigenvalue weighted by molar-refractivity contribution is 6.11. The van der Waals surface area contributed by atoms with E-state index in [1.54, 1.807) is 12.8 Å². The lowest BCUT2D eigenvalue weighted by molar-refractivity contribution is 0.700. The Labute approximate surface area is 60.6 Å². The van der Waals surface area contributed by atoms with E-state index in [1.165, 1.54) is 35.9 Å². The van der Waals surface area contributed by atoms with Gasteiger partial charge in [-0.3, -0.25) is 0 Å². The third-order valence-electron chi connectivity index (χ3n) is 2.14. The minimum Gasteiger partial charge on any atom is -0.412 e. The maximum atomic E-state index is 1.55. The first-order chi connectivity index (χ1) is 3.89. The molecule has 1 nitrogen and oxygen atoms in total. The fraction of sp³-hybridized carbons (Fsp3) is 1.00. The molecule has 9 heavy (non-hydrogen) atoms. The van der Waals surface area contributed by atoms with Crippen LogP contribution < -0.4 is 0 Å². The quantitative estimate of drug-likeness (QED) is 0.355. The van der Waals surface area contributed by atoms with Crippen LogP contribution in [0.3, 0.4) is 0 Å². The molecule has 0 heterocycles. The maximum absolute atomic E-state index is 1.55. The van der Waals surface area contributed by atoms with Crippen LogP contribution in [0.2, 0.25) is 5.54 Å². The molecule has 0 unspecified atom stereocenters. The van der Waals surface area contributed by atoms with Gasteiger partial charge in [0.25, 0.3) is 0 Å². The number of rotatable bonds is 0. The standard InChI is InChI=1S/C7H16Si.H2O/c8-7-5-3-1-2-4-6-7;/h7H,1-6H2,8H3;1H2. The Hall–Kier alpha value is 0.177. The summed E-state index contributed by atoms with van der Waals surface area (Å²) in [6, 6.07) is 0. The normalized spacial score (nSPS) is 22.7. The Morgan fingerprint density at radius 2 is 1.33 bits per heavy atom. The van der Waals surface area contributed by atoms with Crippen molar-refractivity contribution >= 4 is 10.2 Å². The fourth-order valence-electron chi connectivity index (χ4n) is 1.48. The lowest BCUT2D eigenvalue weighted by Gasteiger charge is -2.02. The van der Waals surface area contributed by atoms with Gasteiger partial charge in [-0.15, -0.1) is 0 Å². The fourth-order valence-corrected chi connectivity index (χ4v) is 2.30. The predicted octanol–water partition coefficient (Wildman–Crippen LogP) is 0.670. The first-order valence-corrected chi connectivity index (χ1v) is 5.05. The highest BCUT2D eigenvalue weighted by Gasteiger charge is 2.05. The minimum atomic E-state index is 0. The Kier molecular flexibility index (Phi) is 5.10. The van der Waals surface area contributed by atoms with Crippen molar-refractivity contribution in [2.75, 3.05) is 0 Å². The van der Waals surface area contributed by atoms with E-state index in [0.29, 0.717) is 0 Å². The average Bonchev–Trinajstić information content (AvgIpc) is 1.94. The van der Waals surface area contributed by atoms with Gasteiger partial charge >= 0.3 is 0 Å². The summed E-state index contributed by atoms with van der Waals surface area (Å²) < 4.78 is 0. The van der Waals surface area contributed by atoms with Gasteiger partial charge in [-0.25, -0.2) is 0 Å². The minimum absolute atomic E-state index is 0. The largest absolute Gasteiger partial charge is 0.412 e. The summed E-state index contributed by atoms with van der Waals surface area (Å²) in [5.74, 6) is 0. The molecular formula is C7H18OSi. The maximum Gasteiger partial charge on any atom is 0.00672 e. The Morgan fingerprint density at radius 1 is 0.889 bits per heavy atom. The molecule has 1 fully saturated rings. The third kappa shape index (κ3) is 3.70. The van der Waals surface area contributed by atoms with Crippen molar-refractivity contribution in [1.82, 2.24) is 0 Å². The molecule has 0 radical (unpaired) electrons. The average molecular weight is 146 g/mol. The van der Waals surface area contributed by atoms with Crippen molar-refractivity contribution in [2.45, 2.75) is 44.1 Å². The van der Waals surface area contributed by atoms with E-state index < -0.39 is 0 Å². The zero-order valence-corrected chi connectivity index (χ0v) is 8.32. The van der Waals surface area contributed by atoms with Crippen LogP contribution in [-0.2, 0) is 0 Å². The third-order valence-corrected chi connectivity index (χ3v) is 3.30. The van der Waals surface area contributed by atoms with E-state index in [0.717, 1.165) is 5.54 Å². The lowest BCUT2D eigenvalue weighted by atomic mass is 10.2. The van der Waals surface area contributed by atoms with Crippen molar-refractivity contribution < 1.29 is 5.48 Å². The van der Waals surface area contributed by atoms with E-state index >= 15 is 0 Å². The molecule has 0 aromatic rings. The van der Waals surface area contributed by atoms with Crippen molar-refractivity contribution in [2.24, 2.45) is 0 Å². The van der Waals surface area contributed by atoms with Crippen LogP contribution in [0.25, 0.3) is 0 Å². The monoisotopic (exact) mass is 146 g/mol. The van der Waals surface area contributed by atoms with Gasteiger partial charge in [-0.2, -0.15) is 0 Å². The van der Waals surface area contributed by atoms with Crippen LogP contribution in [0, 0.1) is 0 Å². The molecule has 1 aliphatic carbocycles. The SMILES string of the molecule is O.[SiH3]C1CCCCCC1. The van der Waals surface area contributed by atoms with E-state index in [4.69, 9.17) is 0 Å². The van der Waals surface area contributed by atoms with E-state index in [1.807, 2.05) is 0 Å². The summed E-state index contributed by atoms with van der Waals surface area (Å²) in [5, 5.41) is 0. The van der Waals surface area contributed by atoms with Crippen molar-refractivity contribution in [1.29, 1.82) is 0 Å². The second-order valence-electron chi connectivity index (χ2n) is 3.10. The van der Waals surface area contributed by atoms with Crippen LogP contribution in [0.5, 0.6) is 0 Å². The van der Waals surface area contributed by atoms with Gasteiger partial charge in [-0.05, 0) is 0 Å². The molecule has 0 aromatic carbocycles. The first kappa shape index (κ1) is 9.18. The zero-order chi connectivity index (χ0) is 5.82. The van der Waals surface area contributed by atoms with Crippen LogP contribution in [0.4, 0.5) is 0 Å². The highest BCUT2D eigenvalue weighted by Crippen LogP contribution is 2.23. The van der Waals surface area contributed by atoms with E-state index in [9.17, 15) is 0 Å². The number of hydrogen-bond acceptors (Lipinski definition) is 0. The highest BCUT2D eigenvalue weighted by atomic mass is 28.1. The van der Waals surface area contributed by atoms with Crippen LogP contribution in [0.1, 0.15) is 38.5 Å². The summed E-state index contributed by atoms with van der Waals surface area (Å²) in [6.07, 6.45) is 9.16. The van der Waals surface area contributed by atoms with Gasteiger partial charge in [0.1, 0.15) is 0 Å². The second-order valence-corrected chi connectivity index (χ2v) is 4.73. The molecule has 1 saturated carbocycles. The van der Waals surface area contributed by atoms with E-state index in [2.05, 4.69) is 0 Å². The van der Waals surface area contributed by atoms with Gasteiger partial charge in [0, 0.05) is 10.2 Å². The molecule has 0 bridgehead atoms. The van der Waals surface area contributed by atoms with Crippen molar-refractivity contribution in [3.05, 3.63) is 0 Å². The summed E-state index contributed by atoms with van der Waals surface area (Å²) in [4.78, 5) is 0. The Morgan fingerprint density at radius 3 is 1.78 bits per heavy atom. The van der Waals surface area contributed by atoms with Crippen LogP contribution in [0.15, 0.2) is 0 Å².